The monoisotopic (exact) mass is 252 g/mol. The summed E-state index contributed by atoms with van der Waals surface area (Å²) in [7, 11) is 1.48. The minimum atomic E-state index is -0.285. The summed E-state index contributed by atoms with van der Waals surface area (Å²) in [5.74, 6) is 0.729. The van der Waals surface area contributed by atoms with E-state index >= 15 is 0 Å². The Bertz CT molecular complexity index is 397. The number of halogens is 1. The zero-order chi connectivity index (χ0) is 13.0. The van der Waals surface area contributed by atoms with Gasteiger partial charge in [0.1, 0.15) is 0 Å². The summed E-state index contributed by atoms with van der Waals surface area (Å²) in [5, 5.41) is 0. The van der Waals surface area contributed by atoms with Gasteiger partial charge in [-0.3, -0.25) is 4.90 Å². The van der Waals surface area contributed by atoms with Crippen molar-refractivity contribution < 1.29 is 9.13 Å². The summed E-state index contributed by atoms with van der Waals surface area (Å²) in [6, 6.07) is 5.19. The van der Waals surface area contributed by atoms with Crippen LogP contribution >= 0.6 is 0 Å². The number of methoxy groups -OCH3 is 1. The molecular formula is C14H21FN2O. The van der Waals surface area contributed by atoms with Crippen molar-refractivity contribution in [2.45, 2.75) is 19.4 Å². The molecule has 1 fully saturated rings. The van der Waals surface area contributed by atoms with Crippen molar-refractivity contribution >= 4 is 0 Å². The van der Waals surface area contributed by atoms with Crippen molar-refractivity contribution in [2.75, 3.05) is 26.7 Å². The van der Waals surface area contributed by atoms with Crippen LogP contribution in [-0.4, -0.2) is 31.6 Å². The van der Waals surface area contributed by atoms with E-state index in [4.69, 9.17) is 10.5 Å². The fourth-order valence-corrected chi connectivity index (χ4v) is 2.59. The molecular weight excluding hydrogens is 231 g/mol. The van der Waals surface area contributed by atoms with Crippen LogP contribution < -0.4 is 10.5 Å². The highest BCUT2D eigenvalue weighted by Crippen LogP contribution is 2.23. The Balaban J connectivity index is 1.92. The second-order valence-electron chi connectivity index (χ2n) is 4.94. The third kappa shape index (κ3) is 3.21. The molecule has 1 aliphatic heterocycles. The van der Waals surface area contributed by atoms with E-state index in [0.717, 1.165) is 38.2 Å². The van der Waals surface area contributed by atoms with Gasteiger partial charge in [-0.1, -0.05) is 6.07 Å². The summed E-state index contributed by atoms with van der Waals surface area (Å²) < 4.78 is 18.5. The average Bonchev–Trinajstić information content (AvgIpc) is 2.77. The molecule has 0 radical (unpaired) electrons. The lowest BCUT2D eigenvalue weighted by molar-refractivity contribution is 0.313. The SMILES string of the molecule is COc1ccc(CN2CCC(CCN)C2)cc1F. The summed E-state index contributed by atoms with van der Waals surface area (Å²) >= 11 is 0. The number of rotatable bonds is 5. The van der Waals surface area contributed by atoms with E-state index in [-0.39, 0.29) is 5.82 Å². The Morgan fingerprint density at radius 2 is 2.33 bits per heavy atom. The molecule has 0 aromatic heterocycles. The highest BCUT2D eigenvalue weighted by atomic mass is 19.1. The molecule has 2 rings (SSSR count). The van der Waals surface area contributed by atoms with Gasteiger partial charge in [0.25, 0.3) is 0 Å². The minimum Gasteiger partial charge on any atom is -0.494 e. The van der Waals surface area contributed by atoms with Gasteiger partial charge in [0, 0.05) is 13.1 Å². The predicted molar refractivity (Wildman–Crippen MR) is 70.0 cm³/mol. The van der Waals surface area contributed by atoms with Crippen LogP contribution in [0.3, 0.4) is 0 Å². The molecule has 1 atom stereocenters. The molecule has 0 amide bonds. The molecule has 0 spiro atoms. The molecule has 4 heteroatoms. The molecule has 1 aliphatic rings. The van der Waals surface area contributed by atoms with Gasteiger partial charge < -0.3 is 10.5 Å². The van der Waals surface area contributed by atoms with E-state index < -0.39 is 0 Å². The average molecular weight is 252 g/mol. The standard InChI is InChI=1S/C14H21FN2O/c1-18-14-3-2-12(8-13(14)15)10-17-7-5-11(9-17)4-6-16/h2-3,8,11H,4-7,9-10,16H2,1H3. The van der Waals surface area contributed by atoms with Crippen LogP contribution in [-0.2, 0) is 6.54 Å². The predicted octanol–water partition coefficient (Wildman–Crippen LogP) is 2.00. The van der Waals surface area contributed by atoms with Crippen LogP contribution in [0.4, 0.5) is 4.39 Å². The first-order valence-electron chi connectivity index (χ1n) is 6.47. The van der Waals surface area contributed by atoms with Gasteiger partial charge in [0.15, 0.2) is 11.6 Å². The van der Waals surface area contributed by atoms with Gasteiger partial charge >= 0.3 is 0 Å². The zero-order valence-electron chi connectivity index (χ0n) is 10.9. The normalized spacial score (nSPS) is 20.3. The first kappa shape index (κ1) is 13.3. The summed E-state index contributed by atoms with van der Waals surface area (Å²) in [5.41, 5.74) is 6.58. The fourth-order valence-electron chi connectivity index (χ4n) is 2.59. The second kappa shape index (κ2) is 6.16. The van der Waals surface area contributed by atoms with Gasteiger partial charge in [-0.2, -0.15) is 0 Å². The zero-order valence-corrected chi connectivity index (χ0v) is 10.9. The van der Waals surface area contributed by atoms with E-state index in [0.29, 0.717) is 11.7 Å². The summed E-state index contributed by atoms with van der Waals surface area (Å²) in [6.07, 6.45) is 2.29. The van der Waals surface area contributed by atoms with E-state index in [1.165, 1.54) is 13.5 Å². The lowest BCUT2D eigenvalue weighted by atomic mass is 10.1. The lowest BCUT2D eigenvalue weighted by Crippen LogP contribution is -2.21. The minimum absolute atomic E-state index is 0.285. The molecule has 1 aromatic carbocycles. The van der Waals surface area contributed by atoms with Crippen LogP contribution in [0.15, 0.2) is 18.2 Å². The molecule has 3 nitrogen and oxygen atoms in total. The number of nitrogens with zero attached hydrogens (tertiary/aromatic N) is 1. The maximum Gasteiger partial charge on any atom is 0.165 e. The molecule has 1 heterocycles. The van der Waals surface area contributed by atoms with Gasteiger partial charge in [0.05, 0.1) is 7.11 Å². The Morgan fingerprint density at radius 1 is 1.50 bits per heavy atom. The molecule has 1 unspecified atom stereocenters. The third-order valence-corrected chi connectivity index (χ3v) is 3.57. The number of hydrogen-bond acceptors (Lipinski definition) is 3. The molecule has 2 N–H and O–H groups in total. The van der Waals surface area contributed by atoms with Crippen LogP contribution in [0.25, 0.3) is 0 Å². The van der Waals surface area contributed by atoms with Crippen molar-refractivity contribution in [3.63, 3.8) is 0 Å². The molecule has 0 aliphatic carbocycles. The van der Waals surface area contributed by atoms with Crippen LogP contribution in [0.1, 0.15) is 18.4 Å². The van der Waals surface area contributed by atoms with Crippen molar-refractivity contribution in [1.29, 1.82) is 0 Å². The van der Waals surface area contributed by atoms with Gasteiger partial charge in [-0.05, 0) is 49.5 Å². The number of hydrogen-bond donors (Lipinski definition) is 1. The number of nitrogens with two attached hydrogens (primary N) is 1. The van der Waals surface area contributed by atoms with E-state index in [9.17, 15) is 4.39 Å². The highest BCUT2D eigenvalue weighted by Gasteiger charge is 2.21. The van der Waals surface area contributed by atoms with Crippen molar-refractivity contribution in [3.8, 4) is 5.75 Å². The van der Waals surface area contributed by atoms with Gasteiger partial charge in [0.2, 0.25) is 0 Å². The van der Waals surface area contributed by atoms with E-state index in [1.54, 1.807) is 12.1 Å². The Morgan fingerprint density at radius 3 is 3.00 bits per heavy atom. The Labute approximate surface area is 108 Å². The summed E-state index contributed by atoms with van der Waals surface area (Å²) in [4.78, 5) is 2.36. The second-order valence-corrected chi connectivity index (χ2v) is 4.94. The van der Waals surface area contributed by atoms with Crippen molar-refractivity contribution in [3.05, 3.63) is 29.6 Å². The van der Waals surface area contributed by atoms with Crippen molar-refractivity contribution in [1.82, 2.24) is 4.90 Å². The van der Waals surface area contributed by atoms with Gasteiger partial charge in [-0.15, -0.1) is 0 Å². The third-order valence-electron chi connectivity index (χ3n) is 3.57. The molecule has 18 heavy (non-hydrogen) atoms. The Hall–Kier alpha value is -1.13. The molecule has 1 saturated heterocycles. The number of ether oxygens (including phenoxy) is 1. The Kier molecular flexibility index (Phi) is 4.55. The largest absolute Gasteiger partial charge is 0.494 e. The first-order valence-corrected chi connectivity index (χ1v) is 6.47. The van der Waals surface area contributed by atoms with Crippen LogP contribution in [0, 0.1) is 11.7 Å². The smallest absolute Gasteiger partial charge is 0.165 e. The fraction of sp³-hybridized carbons (Fsp3) is 0.571. The topological polar surface area (TPSA) is 38.5 Å². The van der Waals surface area contributed by atoms with Crippen LogP contribution in [0.5, 0.6) is 5.75 Å². The number of benzene rings is 1. The first-order chi connectivity index (χ1) is 8.72. The van der Waals surface area contributed by atoms with Crippen molar-refractivity contribution in [2.24, 2.45) is 11.7 Å². The molecule has 0 bridgehead atoms. The molecule has 100 valence electrons. The highest BCUT2D eigenvalue weighted by molar-refractivity contribution is 5.29. The maximum atomic E-state index is 13.6. The quantitative estimate of drug-likeness (QED) is 0.871. The maximum absolute atomic E-state index is 13.6. The number of likely N-dealkylation sites (tertiary alicyclic amines) is 1. The lowest BCUT2D eigenvalue weighted by Gasteiger charge is -2.16. The molecule has 0 saturated carbocycles. The van der Waals surface area contributed by atoms with E-state index in [1.807, 2.05) is 6.07 Å². The van der Waals surface area contributed by atoms with E-state index in [2.05, 4.69) is 4.90 Å². The van der Waals surface area contributed by atoms with Gasteiger partial charge in [-0.25, -0.2) is 4.39 Å². The van der Waals surface area contributed by atoms with Crippen LogP contribution in [0.2, 0.25) is 0 Å². The summed E-state index contributed by atoms with van der Waals surface area (Å²) in [6.45, 7) is 3.72. The molecule has 1 aromatic rings.